The minimum absolute atomic E-state index is 0.105. The van der Waals surface area contributed by atoms with Crippen LogP contribution in [0.2, 0.25) is 0 Å². The average molecular weight is 476 g/mol. The topological polar surface area (TPSA) is 76.8 Å². The molecule has 0 unspecified atom stereocenters. The van der Waals surface area contributed by atoms with Crippen LogP contribution in [-0.4, -0.2) is 48.4 Å². The van der Waals surface area contributed by atoms with Crippen molar-refractivity contribution in [2.75, 3.05) is 6.54 Å². The first kappa shape index (κ1) is 23.8. The zero-order chi connectivity index (χ0) is 24.5. The van der Waals surface area contributed by atoms with Gasteiger partial charge in [-0.15, -0.1) is 0 Å². The smallest absolute Gasteiger partial charge is 0.335 e. The number of aryl methyl sites for hydroxylation is 2. The Morgan fingerprint density at radius 2 is 1.82 bits per heavy atom. The molecule has 1 amide bonds. The van der Waals surface area contributed by atoms with Crippen LogP contribution >= 0.6 is 0 Å². The lowest BCUT2D eigenvalue weighted by molar-refractivity contribution is -0.138. The van der Waals surface area contributed by atoms with Crippen molar-refractivity contribution < 1.29 is 22.4 Å². The normalized spacial score (nSPS) is 18.8. The first-order valence-corrected chi connectivity index (χ1v) is 11.0. The number of hydrogen-bond acceptors (Lipinski definition) is 5. The lowest BCUT2D eigenvalue weighted by Crippen LogP contribution is -2.48. The van der Waals surface area contributed by atoms with Crippen LogP contribution in [0.3, 0.4) is 0 Å². The summed E-state index contributed by atoms with van der Waals surface area (Å²) in [4.78, 5) is 24.2. The Bertz CT molecular complexity index is 1150. The second-order valence-electron chi connectivity index (χ2n) is 8.57. The minimum atomic E-state index is -4.50. The van der Waals surface area contributed by atoms with Crippen molar-refractivity contribution in [1.29, 1.82) is 0 Å². The number of likely N-dealkylation sites (tertiary alicyclic amines) is 1. The van der Waals surface area contributed by atoms with Crippen molar-refractivity contribution in [1.82, 2.24) is 29.9 Å². The van der Waals surface area contributed by atoms with E-state index in [1.165, 1.54) is 23.3 Å². The Morgan fingerprint density at radius 3 is 2.47 bits per heavy atom. The van der Waals surface area contributed by atoms with Gasteiger partial charge in [-0.3, -0.25) is 4.79 Å². The van der Waals surface area contributed by atoms with Gasteiger partial charge in [0.15, 0.2) is 0 Å². The summed E-state index contributed by atoms with van der Waals surface area (Å²) >= 11 is 0. The summed E-state index contributed by atoms with van der Waals surface area (Å²) in [6, 6.07) is 2.72. The third-order valence-corrected chi connectivity index (χ3v) is 6.13. The molecule has 0 radical (unpaired) electrons. The summed E-state index contributed by atoms with van der Waals surface area (Å²) in [5.74, 6) is -0.733. The van der Waals surface area contributed by atoms with Gasteiger partial charge in [0, 0.05) is 31.4 Å². The second kappa shape index (κ2) is 9.47. The van der Waals surface area contributed by atoms with Gasteiger partial charge in [0.2, 0.25) is 0 Å². The molecular formula is C23H24F4N6O. The highest BCUT2D eigenvalue weighted by atomic mass is 19.4. The second-order valence-corrected chi connectivity index (χ2v) is 8.57. The van der Waals surface area contributed by atoms with Crippen LogP contribution in [-0.2, 0) is 12.6 Å². The fourth-order valence-electron chi connectivity index (χ4n) is 4.43. The van der Waals surface area contributed by atoms with E-state index in [4.69, 9.17) is 0 Å². The third-order valence-electron chi connectivity index (χ3n) is 6.13. The largest absolute Gasteiger partial charge is 0.419 e. The molecule has 1 aromatic carbocycles. The van der Waals surface area contributed by atoms with Crippen LogP contribution < -0.4 is 0 Å². The van der Waals surface area contributed by atoms with Crippen LogP contribution in [0, 0.1) is 18.7 Å². The van der Waals surface area contributed by atoms with Gasteiger partial charge in [0.1, 0.15) is 22.9 Å². The summed E-state index contributed by atoms with van der Waals surface area (Å²) in [5, 5.41) is 8.13. The maximum atomic E-state index is 15.1. The monoisotopic (exact) mass is 476 g/mol. The van der Waals surface area contributed by atoms with E-state index in [1.807, 2.05) is 6.92 Å². The molecule has 0 spiro atoms. The van der Waals surface area contributed by atoms with E-state index in [9.17, 15) is 18.0 Å². The minimum Gasteiger partial charge on any atom is -0.335 e. The number of rotatable bonds is 5. The first-order chi connectivity index (χ1) is 16.1. The highest BCUT2D eigenvalue weighted by Crippen LogP contribution is 2.31. The molecule has 1 aliphatic rings. The quantitative estimate of drug-likeness (QED) is 0.511. The maximum absolute atomic E-state index is 15.1. The molecule has 0 bridgehead atoms. The van der Waals surface area contributed by atoms with Crippen molar-refractivity contribution in [3.05, 3.63) is 65.3 Å². The van der Waals surface area contributed by atoms with Crippen LogP contribution in [0.4, 0.5) is 17.6 Å². The number of alkyl halides is 3. The average Bonchev–Trinajstić information content (AvgIpc) is 3.32. The van der Waals surface area contributed by atoms with Crippen molar-refractivity contribution in [3.8, 4) is 5.69 Å². The number of piperidine rings is 1. The summed E-state index contributed by atoms with van der Waals surface area (Å²) in [5.41, 5.74) is -0.125. The van der Waals surface area contributed by atoms with Crippen LogP contribution in [0.5, 0.6) is 0 Å². The van der Waals surface area contributed by atoms with Crippen molar-refractivity contribution in [2.24, 2.45) is 5.92 Å². The number of halogens is 4. The molecule has 0 saturated carbocycles. The van der Waals surface area contributed by atoms with Crippen LogP contribution in [0.1, 0.15) is 53.5 Å². The van der Waals surface area contributed by atoms with E-state index in [-0.39, 0.29) is 29.0 Å². The molecule has 1 fully saturated rings. The predicted molar refractivity (Wildman–Crippen MR) is 115 cm³/mol. The van der Waals surface area contributed by atoms with Gasteiger partial charge in [-0.2, -0.15) is 28.2 Å². The Hall–Kier alpha value is -3.37. The van der Waals surface area contributed by atoms with Gasteiger partial charge in [-0.25, -0.2) is 14.4 Å². The first-order valence-electron chi connectivity index (χ1n) is 11.0. The van der Waals surface area contributed by atoms with E-state index in [1.54, 1.807) is 17.9 Å². The van der Waals surface area contributed by atoms with Gasteiger partial charge < -0.3 is 4.90 Å². The molecule has 7 nitrogen and oxygen atoms in total. The van der Waals surface area contributed by atoms with Crippen molar-refractivity contribution in [2.45, 2.75) is 51.7 Å². The molecule has 4 rings (SSSR count). The molecule has 34 heavy (non-hydrogen) atoms. The van der Waals surface area contributed by atoms with Gasteiger partial charge in [0.25, 0.3) is 5.91 Å². The van der Waals surface area contributed by atoms with Gasteiger partial charge in [-0.05, 0) is 49.8 Å². The zero-order valence-electron chi connectivity index (χ0n) is 18.8. The number of aromatic nitrogens is 5. The van der Waals surface area contributed by atoms with Crippen molar-refractivity contribution >= 4 is 5.91 Å². The molecule has 0 N–H and O–H groups in total. The summed E-state index contributed by atoms with van der Waals surface area (Å²) in [7, 11) is 0. The summed E-state index contributed by atoms with van der Waals surface area (Å²) < 4.78 is 53.4. The Labute approximate surface area is 193 Å². The van der Waals surface area contributed by atoms with E-state index in [0.717, 1.165) is 25.2 Å². The lowest BCUT2D eigenvalue weighted by Gasteiger charge is -2.40. The summed E-state index contributed by atoms with van der Waals surface area (Å²) in [6.45, 7) is 4.18. The number of nitrogens with zero attached hydrogens (tertiary/aromatic N) is 6. The van der Waals surface area contributed by atoms with Gasteiger partial charge in [-0.1, -0.05) is 6.92 Å². The summed E-state index contributed by atoms with van der Waals surface area (Å²) in [6.07, 6.45) is 2.31. The van der Waals surface area contributed by atoms with Gasteiger partial charge >= 0.3 is 6.18 Å². The molecule has 180 valence electrons. The van der Waals surface area contributed by atoms with E-state index >= 15 is 4.39 Å². The fourth-order valence-corrected chi connectivity index (χ4v) is 4.43. The standard InChI is InChI=1S/C23H24F4N6O/c1-14-10-17(24)21(19(11-14)33-30-7-8-31-33)22(34)32-9-3-4-15(2)18(32)5-6-20-28-12-16(13-29-20)23(25,26)27/h7-8,10-13,15,18H,3-6,9H2,1-2H3/t15-,18-/m1/s1. The molecule has 1 saturated heterocycles. The number of carbonyl (C=O) groups is 1. The lowest BCUT2D eigenvalue weighted by atomic mass is 9.87. The highest BCUT2D eigenvalue weighted by molar-refractivity contribution is 5.98. The maximum Gasteiger partial charge on any atom is 0.419 e. The van der Waals surface area contributed by atoms with Gasteiger partial charge in [0.05, 0.1) is 18.0 Å². The Balaban J connectivity index is 1.59. The Morgan fingerprint density at radius 1 is 1.15 bits per heavy atom. The number of amides is 1. The van der Waals surface area contributed by atoms with Crippen LogP contribution in [0.25, 0.3) is 5.69 Å². The molecule has 3 aromatic rings. The molecular weight excluding hydrogens is 452 g/mol. The fraction of sp³-hybridized carbons (Fsp3) is 0.435. The predicted octanol–water partition coefficient (Wildman–Crippen LogP) is 4.40. The highest BCUT2D eigenvalue weighted by Gasteiger charge is 2.35. The molecule has 1 aliphatic heterocycles. The zero-order valence-corrected chi connectivity index (χ0v) is 18.8. The molecule has 11 heteroatoms. The number of hydrogen-bond donors (Lipinski definition) is 0. The molecule has 2 aromatic heterocycles. The van der Waals surface area contributed by atoms with Crippen molar-refractivity contribution in [3.63, 3.8) is 0 Å². The molecule has 2 atom stereocenters. The van der Waals surface area contributed by atoms with Crippen LogP contribution in [0.15, 0.2) is 36.9 Å². The number of carbonyl (C=O) groups excluding carboxylic acids is 1. The Kier molecular flexibility index (Phi) is 6.63. The number of benzene rings is 1. The molecule has 3 heterocycles. The SMILES string of the molecule is Cc1cc(F)c(C(=O)N2CCC[C@@H](C)[C@H]2CCc2ncc(C(F)(F)F)cn2)c(-n2nccn2)c1. The third kappa shape index (κ3) is 4.92. The molecule has 0 aliphatic carbocycles. The van der Waals surface area contributed by atoms with E-state index in [2.05, 4.69) is 20.2 Å². The van der Waals surface area contributed by atoms with E-state index < -0.39 is 23.5 Å². The van der Waals surface area contributed by atoms with E-state index in [0.29, 0.717) is 24.9 Å².